The molecule has 1 rings (SSSR count). The first kappa shape index (κ1) is 16.1. The van der Waals surface area contributed by atoms with Crippen molar-refractivity contribution >= 4 is 0 Å². The molecule has 0 aromatic carbocycles. The predicted octanol–water partition coefficient (Wildman–Crippen LogP) is 3.29. The average molecular weight is 263 g/mol. The van der Waals surface area contributed by atoms with E-state index in [9.17, 15) is 0 Å². The van der Waals surface area contributed by atoms with E-state index in [1.807, 2.05) is 18.5 Å². The summed E-state index contributed by atoms with van der Waals surface area (Å²) in [5.41, 5.74) is 9.11. The number of rotatable bonds is 7. The third-order valence-corrected chi connectivity index (χ3v) is 4.61. The maximum atomic E-state index is 6.67. The standard InChI is InChI=1S/C16H29N3/c1-6-16(7-2,19(8-3)9-4)15(17)14-12-18-11-10-13(14)5/h10-12,15H,6-9,17H2,1-5H3. The van der Waals surface area contributed by atoms with Gasteiger partial charge in [0.25, 0.3) is 0 Å². The summed E-state index contributed by atoms with van der Waals surface area (Å²) in [5, 5.41) is 0. The van der Waals surface area contributed by atoms with Gasteiger partial charge >= 0.3 is 0 Å². The monoisotopic (exact) mass is 263 g/mol. The van der Waals surface area contributed by atoms with E-state index in [1.54, 1.807) is 0 Å². The van der Waals surface area contributed by atoms with E-state index in [0.29, 0.717) is 0 Å². The van der Waals surface area contributed by atoms with Gasteiger partial charge in [0.1, 0.15) is 0 Å². The second kappa shape index (κ2) is 7.01. The second-order valence-electron chi connectivity index (χ2n) is 5.19. The Labute approximate surface area is 118 Å². The molecule has 1 atom stereocenters. The molecule has 1 unspecified atom stereocenters. The van der Waals surface area contributed by atoms with Crippen LogP contribution in [0.15, 0.2) is 18.5 Å². The maximum absolute atomic E-state index is 6.67. The molecular formula is C16H29N3. The van der Waals surface area contributed by atoms with Gasteiger partial charge < -0.3 is 5.73 Å². The van der Waals surface area contributed by atoms with Gasteiger partial charge in [0, 0.05) is 24.0 Å². The third-order valence-electron chi connectivity index (χ3n) is 4.61. The van der Waals surface area contributed by atoms with Gasteiger partial charge in [0.2, 0.25) is 0 Å². The van der Waals surface area contributed by atoms with Gasteiger partial charge in [-0.1, -0.05) is 27.7 Å². The molecule has 19 heavy (non-hydrogen) atoms. The van der Waals surface area contributed by atoms with Crippen LogP contribution in [0.2, 0.25) is 0 Å². The minimum Gasteiger partial charge on any atom is -0.322 e. The van der Waals surface area contributed by atoms with E-state index in [1.165, 1.54) is 11.1 Å². The molecule has 0 amide bonds. The molecule has 0 radical (unpaired) electrons. The van der Waals surface area contributed by atoms with Crippen molar-refractivity contribution in [1.29, 1.82) is 0 Å². The lowest BCUT2D eigenvalue weighted by Gasteiger charge is -2.47. The Balaban J connectivity index is 3.22. The van der Waals surface area contributed by atoms with Crippen molar-refractivity contribution in [2.24, 2.45) is 5.73 Å². The van der Waals surface area contributed by atoms with Gasteiger partial charge in [-0.2, -0.15) is 0 Å². The van der Waals surface area contributed by atoms with Crippen molar-refractivity contribution in [2.45, 2.75) is 59.0 Å². The molecule has 1 aromatic rings. The number of nitrogens with two attached hydrogens (primary N) is 1. The SMILES string of the molecule is CCN(CC)C(CC)(CC)C(N)c1cnccc1C. The highest BCUT2D eigenvalue weighted by atomic mass is 15.2. The average Bonchev–Trinajstić information content (AvgIpc) is 2.44. The summed E-state index contributed by atoms with van der Waals surface area (Å²) in [7, 11) is 0. The van der Waals surface area contributed by atoms with Crippen LogP contribution in [0.3, 0.4) is 0 Å². The van der Waals surface area contributed by atoms with Crippen LogP contribution in [0.25, 0.3) is 0 Å². The predicted molar refractivity (Wildman–Crippen MR) is 82.1 cm³/mol. The Morgan fingerprint density at radius 3 is 2.21 bits per heavy atom. The first-order chi connectivity index (χ1) is 9.07. The normalized spacial score (nSPS) is 13.8. The van der Waals surface area contributed by atoms with Crippen LogP contribution >= 0.6 is 0 Å². The van der Waals surface area contributed by atoms with E-state index in [0.717, 1.165) is 25.9 Å². The number of hydrogen-bond donors (Lipinski definition) is 1. The highest BCUT2D eigenvalue weighted by Crippen LogP contribution is 2.36. The minimum atomic E-state index is 0.0103. The highest BCUT2D eigenvalue weighted by molar-refractivity contribution is 5.28. The van der Waals surface area contributed by atoms with E-state index in [-0.39, 0.29) is 11.6 Å². The first-order valence-corrected chi connectivity index (χ1v) is 7.48. The number of aromatic nitrogens is 1. The number of aryl methyl sites for hydroxylation is 1. The van der Waals surface area contributed by atoms with Crippen molar-refractivity contribution < 1.29 is 0 Å². The molecule has 0 aliphatic carbocycles. The van der Waals surface area contributed by atoms with Gasteiger partial charge in [-0.15, -0.1) is 0 Å². The molecule has 0 aliphatic rings. The summed E-state index contributed by atoms with van der Waals surface area (Å²) in [6.07, 6.45) is 5.88. The van der Waals surface area contributed by atoms with Gasteiger partial charge in [-0.25, -0.2) is 0 Å². The largest absolute Gasteiger partial charge is 0.322 e. The molecule has 1 heterocycles. The van der Waals surface area contributed by atoms with Gasteiger partial charge in [-0.3, -0.25) is 9.88 Å². The second-order valence-corrected chi connectivity index (χ2v) is 5.19. The molecule has 1 aromatic heterocycles. The van der Waals surface area contributed by atoms with Crippen molar-refractivity contribution in [3.63, 3.8) is 0 Å². The molecule has 0 spiro atoms. The van der Waals surface area contributed by atoms with Crippen LogP contribution in [0.4, 0.5) is 0 Å². The Morgan fingerprint density at radius 2 is 1.79 bits per heavy atom. The molecule has 0 saturated heterocycles. The molecule has 0 bridgehead atoms. The molecule has 3 nitrogen and oxygen atoms in total. The first-order valence-electron chi connectivity index (χ1n) is 7.48. The number of nitrogens with zero attached hydrogens (tertiary/aromatic N) is 2. The van der Waals surface area contributed by atoms with Gasteiger partial charge in [0.15, 0.2) is 0 Å². The Kier molecular flexibility index (Phi) is 5.95. The van der Waals surface area contributed by atoms with Crippen LogP contribution in [0.5, 0.6) is 0 Å². The fourth-order valence-corrected chi connectivity index (χ4v) is 3.28. The third kappa shape index (κ3) is 2.98. The zero-order chi connectivity index (χ0) is 14.5. The van der Waals surface area contributed by atoms with Crippen LogP contribution in [0.1, 0.15) is 57.7 Å². The lowest BCUT2D eigenvalue weighted by atomic mass is 9.79. The summed E-state index contributed by atoms with van der Waals surface area (Å²) < 4.78 is 0. The van der Waals surface area contributed by atoms with Crippen LogP contribution < -0.4 is 5.73 Å². The van der Waals surface area contributed by atoms with E-state index < -0.39 is 0 Å². The summed E-state index contributed by atoms with van der Waals surface area (Å²) >= 11 is 0. The lowest BCUT2D eigenvalue weighted by Crippen LogP contribution is -2.55. The van der Waals surface area contributed by atoms with Gasteiger partial charge in [-0.05, 0) is 50.0 Å². The molecule has 0 aliphatic heterocycles. The molecular weight excluding hydrogens is 234 g/mol. The smallest absolute Gasteiger partial charge is 0.0499 e. The minimum absolute atomic E-state index is 0.0103. The van der Waals surface area contributed by atoms with E-state index in [4.69, 9.17) is 5.73 Å². The molecule has 0 fully saturated rings. The van der Waals surface area contributed by atoms with Crippen molar-refractivity contribution in [2.75, 3.05) is 13.1 Å². The summed E-state index contributed by atoms with van der Waals surface area (Å²) in [5.74, 6) is 0. The molecule has 108 valence electrons. The summed E-state index contributed by atoms with van der Waals surface area (Å²) in [6.45, 7) is 13.1. The number of pyridine rings is 1. The van der Waals surface area contributed by atoms with Crippen molar-refractivity contribution in [1.82, 2.24) is 9.88 Å². The highest BCUT2D eigenvalue weighted by Gasteiger charge is 2.39. The summed E-state index contributed by atoms with van der Waals surface area (Å²) in [6, 6.07) is 2.06. The lowest BCUT2D eigenvalue weighted by molar-refractivity contribution is 0.0622. The van der Waals surface area contributed by atoms with Crippen molar-refractivity contribution in [3.05, 3.63) is 29.6 Å². The fraction of sp³-hybridized carbons (Fsp3) is 0.688. The molecule has 2 N–H and O–H groups in total. The van der Waals surface area contributed by atoms with Gasteiger partial charge in [0.05, 0.1) is 0 Å². The number of likely N-dealkylation sites (N-methyl/N-ethyl adjacent to an activating group) is 1. The maximum Gasteiger partial charge on any atom is 0.0499 e. The topological polar surface area (TPSA) is 42.1 Å². The van der Waals surface area contributed by atoms with Crippen LogP contribution in [-0.2, 0) is 0 Å². The Hall–Kier alpha value is -0.930. The van der Waals surface area contributed by atoms with E-state index >= 15 is 0 Å². The molecule has 0 saturated carbocycles. The number of hydrogen-bond acceptors (Lipinski definition) is 3. The van der Waals surface area contributed by atoms with Crippen LogP contribution in [-0.4, -0.2) is 28.5 Å². The van der Waals surface area contributed by atoms with Crippen molar-refractivity contribution in [3.8, 4) is 0 Å². The van der Waals surface area contributed by atoms with Crippen LogP contribution in [0, 0.1) is 6.92 Å². The van der Waals surface area contributed by atoms with E-state index in [2.05, 4.69) is 44.5 Å². The Morgan fingerprint density at radius 1 is 1.21 bits per heavy atom. The zero-order valence-corrected chi connectivity index (χ0v) is 13.1. The Bertz CT molecular complexity index is 381. The zero-order valence-electron chi connectivity index (χ0n) is 13.1. The summed E-state index contributed by atoms with van der Waals surface area (Å²) in [4.78, 5) is 6.77. The fourth-order valence-electron chi connectivity index (χ4n) is 3.28. The molecule has 3 heteroatoms. The quantitative estimate of drug-likeness (QED) is 0.821.